The number of carbonyl (C=O) groups is 1. The van der Waals surface area contributed by atoms with Crippen molar-refractivity contribution in [2.24, 2.45) is 0 Å². The van der Waals surface area contributed by atoms with Crippen molar-refractivity contribution in [3.05, 3.63) is 59.9 Å². The van der Waals surface area contributed by atoms with Gasteiger partial charge < -0.3 is 5.32 Å². The topological polar surface area (TPSA) is 54.9 Å². The fourth-order valence-electron chi connectivity index (χ4n) is 2.40. The lowest BCUT2D eigenvalue weighted by Gasteiger charge is -2.10. The molecule has 3 rings (SSSR count). The van der Waals surface area contributed by atoms with Gasteiger partial charge in [-0.25, -0.2) is 9.97 Å². The van der Waals surface area contributed by atoms with Gasteiger partial charge in [0.25, 0.3) is 0 Å². The number of alkyl halides is 3. The molecule has 0 aliphatic rings. The van der Waals surface area contributed by atoms with E-state index in [4.69, 9.17) is 0 Å². The highest BCUT2D eigenvalue weighted by Crippen LogP contribution is 2.29. The number of nitrogens with one attached hydrogen (secondary N) is 1. The van der Waals surface area contributed by atoms with E-state index in [1.165, 1.54) is 6.92 Å². The maximum absolute atomic E-state index is 12.8. The summed E-state index contributed by atoms with van der Waals surface area (Å²) < 4.78 is 38.4. The Kier molecular flexibility index (Phi) is 5.13. The van der Waals surface area contributed by atoms with Crippen molar-refractivity contribution >= 4 is 34.1 Å². The largest absolute Gasteiger partial charge is 0.433 e. The van der Waals surface area contributed by atoms with Gasteiger partial charge >= 0.3 is 6.18 Å². The van der Waals surface area contributed by atoms with Crippen molar-refractivity contribution in [3.63, 3.8) is 0 Å². The molecule has 8 heteroatoms. The Labute approximate surface area is 151 Å². The van der Waals surface area contributed by atoms with E-state index in [0.717, 1.165) is 28.6 Å². The molecule has 26 heavy (non-hydrogen) atoms. The highest BCUT2D eigenvalue weighted by Gasteiger charge is 2.33. The summed E-state index contributed by atoms with van der Waals surface area (Å²) in [7, 11) is 0. The lowest BCUT2D eigenvalue weighted by Crippen LogP contribution is -2.15. The van der Waals surface area contributed by atoms with Crippen molar-refractivity contribution < 1.29 is 18.0 Å². The lowest BCUT2D eigenvalue weighted by molar-refractivity contribution is -0.141. The Bertz CT molecular complexity index is 955. The number of amides is 1. The van der Waals surface area contributed by atoms with Crippen LogP contribution in [-0.4, -0.2) is 21.6 Å². The Hall–Kier alpha value is -2.61. The molecule has 3 aromatic rings. The Morgan fingerprint density at radius 3 is 2.62 bits per heavy atom. The third-order valence-corrected chi connectivity index (χ3v) is 4.37. The zero-order valence-electron chi connectivity index (χ0n) is 13.7. The number of fused-ring (bicyclic) bond motifs is 1. The van der Waals surface area contributed by atoms with Crippen molar-refractivity contribution in [2.45, 2.75) is 18.3 Å². The molecule has 4 nitrogen and oxygen atoms in total. The Morgan fingerprint density at radius 2 is 1.85 bits per heavy atom. The van der Waals surface area contributed by atoms with Gasteiger partial charge in [-0.1, -0.05) is 48.2 Å². The van der Waals surface area contributed by atoms with Gasteiger partial charge in [0.15, 0.2) is 5.16 Å². The van der Waals surface area contributed by atoms with Crippen molar-refractivity contribution in [1.29, 1.82) is 0 Å². The van der Waals surface area contributed by atoms with Crippen LogP contribution >= 0.6 is 11.8 Å². The van der Waals surface area contributed by atoms with Crippen LogP contribution in [0.4, 0.5) is 18.9 Å². The summed E-state index contributed by atoms with van der Waals surface area (Å²) in [6.45, 7) is 1.46. The van der Waals surface area contributed by atoms with Crippen LogP contribution < -0.4 is 5.32 Å². The number of carbonyl (C=O) groups excluding carboxylic acids is 1. The first kappa shape index (κ1) is 18.2. The molecule has 0 fully saturated rings. The number of benzene rings is 2. The Morgan fingerprint density at radius 1 is 1.12 bits per heavy atom. The highest BCUT2D eigenvalue weighted by molar-refractivity contribution is 7.99. The molecule has 1 aromatic heterocycles. The minimum Gasteiger partial charge on any atom is -0.325 e. The molecule has 1 heterocycles. The minimum absolute atomic E-state index is 0.0783. The van der Waals surface area contributed by atoms with Crippen LogP contribution in [0.3, 0.4) is 0 Å². The van der Waals surface area contributed by atoms with Crippen LogP contribution in [0.15, 0.2) is 53.7 Å². The summed E-state index contributed by atoms with van der Waals surface area (Å²) in [5.41, 5.74) is -0.166. The molecule has 0 aliphatic heterocycles. The number of thioether (sulfide) groups is 1. The van der Waals surface area contributed by atoms with Gasteiger partial charge in [0, 0.05) is 16.8 Å². The smallest absolute Gasteiger partial charge is 0.325 e. The zero-order chi connectivity index (χ0) is 18.7. The quantitative estimate of drug-likeness (QED) is 0.529. The molecule has 0 aliphatic carbocycles. The first-order valence-corrected chi connectivity index (χ1v) is 8.65. The summed E-state index contributed by atoms with van der Waals surface area (Å²) in [6.07, 6.45) is -4.55. The van der Waals surface area contributed by atoms with Crippen molar-refractivity contribution in [3.8, 4) is 0 Å². The number of halogens is 3. The van der Waals surface area contributed by atoms with Crippen LogP contribution in [-0.2, 0) is 11.0 Å². The maximum Gasteiger partial charge on any atom is 0.433 e. The number of rotatable bonds is 4. The van der Waals surface area contributed by atoms with Gasteiger partial charge in [0.1, 0.15) is 5.69 Å². The average Bonchev–Trinajstić information content (AvgIpc) is 2.59. The average molecular weight is 377 g/mol. The van der Waals surface area contributed by atoms with Gasteiger partial charge in [0.2, 0.25) is 5.91 Å². The number of anilines is 1. The number of nitrogens with zero attached hydrogens (tertiary/aromatic N) is 2. The van der Waals surface area contributed by atoms with E-state index in [9.17, 15) is 18.0 Å². The van der Waals surface area contributed by atoms with Gasteiger partial charge in [0.05, 0.1) is 5.75 Å². The normalized spacial score (nSPS) is 11.5. The van der Waals surface area contributed by atoms with Gasteiger partial charge in [-0.05, 0) is 24.4 Å². The van der Waals surface area contributed by atoms with Crippen LogP contribution in [0.25, 0.3) is 10.8 Å². The molecule has 0 spiro atoms. The molecule has 0 saturated heterocycles. The van der Waals surface area contributed by atoms with Crippen LogP contribution in [0.2, 0.25) is 0 Å². The van der Waals surface area contributed by atoms with E-state index in [1.807, 2.05) is 36.4 Å². The standard InChI is InChI=1S/C18H14F3N3OS/c1-11-9-15(18(19,20)21)24-17(22-11)26-10-16(25)23-14-8-4-6-12-5-2-3-7-13(12)14/h2-9H,10H2,1H3,(H,23,25). The SMILES string of the molecule is Cc1cc(C(F)(F)F)nc(SCC(=O)Nc2cccc3ccccc23)n1. The second kappa shape index (κ2) is 7.33. The fraction of sp³-hybridized carbons (Fsp3) is 0.167. The molecular weight excluding hydrogens is 363 g/mol. The summed E-state index contributed by atoms with van der Waals surface area (Å²) in [5, 5.41) is 4.57. The molecular formula is C18H14F3N3OS. The Balaban J connectivity index is 1.70. The summed E-state index contributed by atoms with van der Waals surface area (Å²) >= 11 is 0.863. The molecule has 0 bridgehead atoms. The van der Waals surface area contributed by atoms with Crippen molar-refractivity contribution in [1.82, 2.24) is 9.97 Å². The second-order valence-corrected chi connectivity index (χ2v) is 6.48. The molecule has 0 unspecified atom stereocenters. The van der Waals surface area contributed by atoms with E-state index < -0.39 is 11.9 Å². The number of aryl methyl sites for hydroxylation is 1. The first-order valence-electron chi connectivity index (χ1n) is 7.66. The predicted molar refractivity (Wildman–Crippen MR) is 95.1 cm³/mol. The number of hydrogen-bond acceptors (Lipinski definition) is 4. The second-order valence-electron chi connectivity index (χ2n) is 5.54. The molecule has 1 N–H and O–H groups in total. The van der Waals surface area contributed by atoms with Crippen LogP contribution in [0.5, 0.6) is 0 Å². The summed E-state index contributed by atoms with van der Waals surface area (Å²) in [5.74, 6) is -0.436. The number of aromatic nitrogens is 2. The third kappa shape index (κ3) is 4.32. The number of hydrogen-bond donors (Lipinski definition) is 1. The molecule has 2 aromatic carbocycles. The highest BCUT2D eigenvalue weighted by atomic mass is 32.2. The van der Waals surface area contributed by atoms with Crippen LogP contribution in [0.1, 0.15) is 11.4 Å². The molecule has 0 atom stereocenters. The monoisotopic (exact) mass is 377 g/mol. The van der Waals surface area contributed by atoms with Gasteiger partial charge in [-0.3, -0.25) is 4.79 Å². The molecule has 0 radical (unpaired) electrons. The minimum atomic E-state index is -4.55. The van der Waals surface area contributed by atoms with Gasteiger partial charge in [-0.2, -0.15) is 13.2 Å². The molecule has 0 saturated carbocycles. The maximum atomic E-state index is 12.8. The molecule has 1 amide bonds. The zero-order valence-corrected chi connectivity index (χ0v) is 14.5. The third-order valence-electron chi connectivity index (χ3n) is 3.52. The van der Waals surface area contributed by atoms with E-state index in [-0.39, 0.29) is 22.5 Å². The molecule has 134 valence electrons. The fourth-order valence-corrected chi connectivity index (χ4v) is 3.11. The first-order chi connectivity index (χ1) is 12.3. The van der Waals surface area contributed by atoms with Gasteiger partial charge in [-0.15, -0.1) is 0 Å². The lowest BCUT2D eigenvalue weighted by atomic mass is 10.1. The summed E-state index contributed by atoms with van der Waals surface area (Å²) in [6, 6.07) is 14.0. The van der Waals surface area contributed by atoms with E-state index in [0.29, 0.717) is 5.69 Å². The van der Waals surface area contributed by atoms with E-state index >= 15 is 0 Å². The summed E-state index contributed by atoms with van der Waals surface area (Å²) in [4.78, 5) is 19.6. The van der Waals surface area contributed by atoms with Crippen molar-refractivity contribution in [2.75, 3.05) is 11.1 Å². The van der Waals surface area contributed by atoms with Crippen LogP contribution in [0, 0.1) is 6.92 Å². The van der Waals surface area contributed by atoms with E-state index in [2.05, 4.69) is 15.3 Å². The van der Waals surface area contributed by atoms with E-state index in [1.54, 1.807) is 6.07 Å². The predicted octanol–water partition coefficient (Wildman–Crippen LogP) is 4.69.